The zero-order valence-electron chi connectivity index (χ0n) is 17.6. The van der Waals surface area contributed by atoms with Crippen LogP contribution < -0.4 is 5.32 Å². The van der Waals surface area contributed by atoms with E-state index in [1.165, 1.54) is 30.6 Å². The third-order valence-corrected chi connectivity index (χ3v) is 10.9. The number of hydrogen-bond donors (Lipinski definition) is 1. The fourth-order valence-corrected chi connectivity index (χ4v) is 9.49. The fraction of sp³-hybridized carbons (Fsp3) is 0.652. The monoisotopic (exact) mass is 459 g/mol. The molecule has 1 aromatic heterocycles. The molecule has 5 aliphatic rings. The Hall–Kier alpha value is -1.51. The van der Waals surface area contributed by atoms with E-state index in [1.807, 2.05) is 0 Å². The van der Waals surface area contributed by atoms with Gasteiger partial charge < -0.3 is 5.32 Å². The number of amides is 1. The van der Waals surface area contributed by atoms with Gasteiger partial charge >= 0.3 is 0 Å². The van der Waals surface area contributed by atoms with Crippen molar-refractivity contribution in [2.75, 3.05) is 19.6 Å². The predicted molar refractivity (Wildman–Crippen MR) is 120 cm³/mol. The average Bonchev–Trinajstić information content (AvgIpc) is 3.40. The van der Waals surface area contributed by atoms with E-state index in [0.29, 0.717) is 24.5 Å². The summed E-state index contributed by atoms with van der Waals surface area (Å²) in [5.41, 5.74) is 2.43. The molecule has 6 nitrogen and oxygen atoms in total. The van der Waals surface area contributed by atoms with Crippen LogP contribution in [0.5, 0.6) is 0 Å². The molecule has 8 heteroatoms. The van der Waals surface area contributed by atoms with Gasteiger partial charge in [-0.3, -0.25) is 4.79 Å². The number of carbonyl (C=O) groups is 1. The second-order valence-electron chi connectivity index (χ2n) is 10.4. The second-order valence-corrected chi connectivity index (χ2v) is 13.2. The molecule has 2 heterocycles. The topological polar surface area (TPSA) is 79.4 Å². The lowest BCUT2D eigenvalue weighted by Crippen LogP contribution is -2.54. The van der Waals surface area contributed by atoms with Crippen molar-refractivity contribution >= 4 is 37.5 Å². The Labute approximate surface area is 187 Å². The Morgan fingerprint density at radius 3 is 2.58 bits per heavy atom. The zero-order chi connectivity index (χ0) is 21.2. The first-order valence-electron chi connectivity index (χ1n) is 11.5. The van der Waals surface area contributed by atoms with Crippen molar-refractivity contribution in [3.05, 3.63) is 23.7 Å². The number of carbonyl (C=O) groups excluding carboxylic acids is 1. The molecule has 166 valence electrons. The highest BCUT2D eigenvalue weighted by molar-refractivity contribution is 7.89. The van der Waals surface area contributed by atoms with Crippen molar-refractivity contribution < 1.29 is 13.2 Å². The molecular formula is C23H29N3O3S2. The summed E-state index contributed by atoms with van der Waals surface area (Å²) in [7, 11) is -3.52. The minimum absolute atomic E-state index is 0.136. The molecule has 1 amide bonds. The zero-order valence-corrected chi connectivity index (χ0v) is 19.3. The van der Waals surface area contributed by atoms with Crippen molar-refractivity contribution in [2.45, 2.75) is 49.8 Å². The molecule has 7 rings (SSSR count). The maximum Gasteiger partial charge on any atom is 0.243 e. The largest absolute Gasteiger partial charge is 0.355 e. The van der Waals surface area contributed by atoms with Gasteiger partial charge in [-0.15, -0.1) is 11.3 Å². The Morgan fingerprint density at radius 2 is 1.87 bits per heavy atom. The van der Waals surface area contributed by atoms with Crippen LogP contribution in [0.4, 0.5) is 0 Å². The number of nitrogens with zero attached hydrogens (tertiary/aromatic N) is 2. The van der Waals surface area contributed by atoms with Crippen LogP contribution >= 0.6 is 11.3 Å². The summed E-state index contributed by atoms with van der Waals surface area (Å²) in [6.45, 7) is 1.58. The lowest BCUT2D eigenvalue weighted by molar-refractivity contribution is -0.146. The average molecular weight is 460 g/mol. The van der Waals surface area contributed by atoms with Crippen molar-refractivity contribution in [3.63, 3.8) is 0 Å². The van der Waals surface area contributed by atoms with Gasteiger partial charge in [0, 0.05) is 25.0 Å². The van der Waals surface area contributed by atoms with Crippen molar-refractivity contribution in [2.24, 2.45) is 29.1 Å². The molecular weight excluding hydrogens is 430 g/mol. The number of fused-ring (bicyclic) bond motifs is 1. The molecule has 1 saturated heterocycles. The van der Waals surface area contributed by atoms with Gasteiger partial charge in [0.05, 0.1) is 20.6 Å². The molecule has 0 spiro atoms. The van der Waals surface area contributed by atoms with Gasteiger partial charge in [0.2, 0.25) is 15.9 Å². The first-order valence-corrected chi connectivity index (χ1v) is 13.8. The molecule has 0 radical (unpaired) electrons. The summed E-state index contributed by atoms with van der Waals surface area (Å²) in [5.74, 6) is 2.67. The molecule has 1 N–H and O–H groups in total. The van der Waals surface area contributed by atoms with Crippen LogP contribution in [0, 0.1) is 29.1 Å². The van der Waals surface area contributed by atoms with Crippen LogP contribution in [0.25, 0.3) is 10.2 Å². The van der Waals surface area contributed by atoms with Crippen molar-refractivity contribution in [1.82, 2.24) is 14.6 Å². The number of rotatable bonds is 5. The van der Waals surface area contributed by atoms with Gasteiger partial charge in [-0.25, -0.2) is 13.4 Å². The summed E-state index contributed by atoms with van der Waals surface area (Å²) in [5, 5.41) is 3.25. The minimum Gasteiger partial charge on any atom is -0.355 e. The Morgan fingerprint density at radius 1 is 1.16 bits per heavy atom. The number of sulfonamides is 1. The fourth-order valence-electron chi connectivity index (χ4n) is 7.14. The van der Waals surface area contributed by atoms with E-state index in [9.17, 15) is 13.2 Å². The Kier molecular flexibility index (Phi) is 4.71. The highest BCUT2D eigenvalue weighted by atomic mass is 32.2. The summed E-state index contributed by atoms with van der Waals surface area (Å²) >= 11 is 1.45. The third-order valence-electron chi connectivity index (χ3n) is 8.26. The van der Waals surface area contributed by atoms with E-state index in [2.05, 4.69) is 10.3 Å². The van der Waals surface area contributed by atoms with E-state index in [1.54, 1.807) is 28.0 Å². The van der Waals surface area contributed by atoms with E-state index in [0.717, 1.165) is 53.7 Å². The lowest BCUT2D eigenvalue weighted by Gasteiger charge is -2.55. The lowest BCUT2D eigenvalue weighted by atomic mass is 9.49. The molecule has 5 fully saturated rings. The van der Waals surface area contributed by atoms with Crippen LogP contribution in [0.2, 0.25) is 0 Å². The highest BCUT2D eigenvalue weighted by Gasteiger charge is 2.54. The maximum atomic E-state index is 13.2. The molecule has 1 aliphatic heterocycles. The number of nitrogens with one attached hydrogen (secondary N) is 1. The Balaban J connectivity index is 1.09. The maximum absolute atomic E-state index is 13.2. The predicted octanol–water partition coefficient (Wildman–Crippen LogP) is 3.64. The number of hydrogen-bond acceptors (Lipinski definition) is 5. The minimum atomic E-state index is -3.52. The van der Waals surface area contributed by atoms with E-state index in [-0.39, 0.29) is 17.2 Å². The van der Waals surface area contributed by atoms with Gasteiger partial charge in [-0.1, -0.05) is 0 Å². The van der Waals surface area contributed by atoms with E-state index < -0.39 is 10.0 Å². The molecule has 4 bridgehead atoms. The SMILES string of the molecule is O=C(NCC1CCN(S(=O)(=O)c2ccc3ncsc3c2)C1)C12CC3CC(CC(C3)C1)C2. The second kappa shape index (κ2) is 7.25. The van der Waals surface area contributed by atoms with E-state index >= 15 is 0 Å². The number of benzene rings is 1. The van der Waals surface area contributed by atoms with Crippen molar-refractivity contribution in [1.29, 1.82) is 0 Å². The van der Waals surface area contributed by atoms with Gasteiger partial charge in [0.25, 0.3) is 0 Å². The molecule has 4 aliphatic carbocycles. The summed E-state index contributed by atoms with van der Waals surface area (Å²) in [4.78, 5) is 17.8. The quantitative estimate of drug-likeness (QED) is 0.740. The van der Waals surface area contributed by atoms with Gasteiger partial charge in [-0.05, 0) is 86.8 Å². The summed E-state index contributed by atoms with van der Waals surface area (Å²) < 4.78 is 28.7. The number of aromatic nitrogens is 1. The normalized spacial score (nSPS) is 35.1. The first kappa shape index (κ1) is 20.1. The Bertz CT molecular complexity index is 1090. The van der Waals surface area contributed by atoms with Gasteiger partial charge in [0.15, 0.2) is 0 Å². The third kappa shape index (κ3) is 3.42. The molecule has 1 unspecified atom stereocenters. The molecule has 2 aromatic rings. The number of thiazole rings is 1. The van der Waals surface area contributed by atoms with Gasteiger partial charge in [0.1, 0.15) is 0 Å². The molecule has 1 atom stereocenters. The highest BCUT2D eigenvalue weighted by Crippen LogP contribution is 2.60. The molecule has 31 heavy (non-hydrogen) atoms. The molecule has 1 aromatic carbocycles. The van der Waals surface area contributed by atoms with Crippen LogP contribution in [-0.2, 0) is 14.8 Å². The van der Waals surface area contributed by atoms with Crippen LogP contribution in [0.3, 0.4) is 0 Å². The summed E-state index contributed by atoms with van der Waals surface area (Å²) in [6, 6.07) is 5.15. The van der Waals surface area contributed by atoms with Crippen LogP contribution in [-0.4, -0.2) is 43.2 Å². The molecule has 4 saturated carbocycles. The van der Waals surface area contributed by atoms with Gasteiger partial charge in [-0.2, -0.15) is 4.31 Å². The first-order chi connectivity index (χ1) is 14.9. The van der Waals surface area contributed by atoms with Crippen LogP contribution in [0.1, 0.15) is 44.9 Å². The standard InChI is InChI=1S/C23H29N3O3S2/c27-22(23-9-16-5-17(10-23)7-18(6-16)11-23)24-12-15-3-4-26(13-15)31(28,29)19-1-2-20-21(8-19)30-14-25-20/h1-2,8,14-18H,3-7,9-13H2,(H,24,27). The van der Waals surface area contributed by atoms with Crippen LogP contribution in [0.15, 0.2) is 28.6 Å². The smallest absolute Gasteiger partial charge is 0.243 e. The van der Waals surface area contributed by atoms with E-state index in [4.69, 9.17) is 0 Å². The van der Waals surface area contributed by atoms with Crippen molar-refractivity contribution in [3.8, 4) is 0 Å². The summed E-state index contributed by atoms with van der Waals surface area (Å²) in [6.07, 6.45) is 7.98.